The zero-order chi connectivity index (χ0) is 12.3. The average Bonchev–Trinajstić information content (AvgIpc) is 2.61. The monoisotopic (exact) mass is 232 g/mol. The van der Waals surface area contributed by atoms with Crippen molar-refractivity contribution in [3.8, 4) is 5.75 Å². The summed E-state index contributed by atoms with van der Waals surface area (Å²) in [6.07, 6.45) is 1.66. The molecule has 0 aliphatic carbocycles. The van der Waals surface area contributed by atoms with Gasteiger partial charge in [0.2, 0.25) is 0 Å². The summed E-state index contributed by atoms with van der Waals surface area (Å²) in [5.74, 6) is -0.383. The topological polar surface area (TPSA) is 52.6 Å². The molecule has 1 aromatic carbocycles. The first kappa shape index (κ1) is 11.4. The number of ether oxygens (including phenoxy) is 2. The first-order valence-electron chi connectivity index (χ1n) is 5.38. The molecule has 2 rings (SSSR count). The summed E-state index contributed by atoms with van der Waals surface area (Å²) < 4.78 is 9.89. The zero-order valence-corrected chi connectivity index (χ0v) is 9.43. The predicted octanol–water partition coefficient (Wildman–Crippen LogP) is 1.94. The number of rotatable bonds is 3. The van der Waals surface area contributed by atoms with E-state index in [1.165, 1.54) is 0 Å². The van der Waals surface area contributed by atoms with Crippen molar-refractivity contribution >= 4 is 18.0 Å². The van der Waals surface area contributed by atoms with Gasteiger partial charge >= 0.3 is 11.9 Å². The number of para-hydroxylation sites is 1. The number of hydrogen-bond acceptors (Lipinski definition) is 4. The highest BCUT2D eigenvalue weighted by Crippen LogP contribution is 2.24. The van der Waals surface area contributed by atoms with E-state index >= 15 is 0 Å². The van der Waals surface area contributed by atoms with Crippen molar-refractivity contribution < 1.29 is 19.1 Å². The molecule has 0 radical (unpaired) electrons. The average molecular weight is 232 g/mol. The summed E-state index contributed by atoms with van der Waals surface area (Å²) in [7, 11) is 0. The van der Waals surface area contributed by atoms with Crippen LogP contribution in [-0.4, -0.2) is 18.5 Å². The molecule has 1 aromatic rings. The van der Waals surface area contributed by atoms with Gasteiger partial charge in [0.05, 0.1) is 13.0 Å². The Balaban J connectivity index is 2.32. The van der Waals surface area contributed by atoms with E-state index in [1.54, 1.807) is 6.08 Å². The highest BCUT2D eigenvalue weighted by atomic mass is 16.6. The number of hydrogen-bond donors (Lipinski definition) is 0. The van der Waals surface area contributed by atoms with Crippen LogP contribution < -0.4 is 4.74 Å². The Morgan fingerprint density at radius 2 is 2.12 bits per heavy atom. The summed E-state index contributed by atoms with van der Waals surface area (Å²) in [5.41, 5.74) is 1.14. The Morgan fingerprint density at radius 3 is 2.76 bits per heavy atom. The van der Waals surface area contributed by atoms with Crippen molar-refractivity contribution in [1.29, 1.82) is 0 Å². The van der Waals surface area contributed by atoms with Gasteiger partial charge < -0.3 is 9.47 Å². The van der Waals surface area contributed by atoms with Gasteiger partial charge in [-0.15, -0.1) is 0 Å². The van der Waals surface area contributed by atoms with Crippen LogP contribution in [0, 0.1) is 0 Å². The molecular formula is C13H12O4. The van der Waals surface area contributed by atoms with Crippen LogP contribution in [0.2, 0.25) is 0 Å². The second-order valence-corrected chi connectivity index (χ2v) is 3.58. The minimum Gasteiger partial charge on any atom is -0.493 e. The van der Waals surface area contributed by atoms with E-state index in [4.69, 9.17) is 4.74 Å². The van der Waals surface area contributed by atoms with Gasteiger partial charge in [-0.2, -0.15) is 0 Å². The Morgan fingerprint density at radius 1 is 1.35 bits per heavy atom. The Hall–Kier alpha value is -2.10. The van der Waals surface area contributed by atoms with Crippen molar-refractivity contribution in [2.75, 3.05) is 6.61 Å². The normalized spacial score (nSPS) is 17.4. The fraction of sp³-hybridized carbons (Fsp3) is 0.231. The van der Waals surface area contributed by atoms with E-state index in [9.17, 15) is 9.59 Å². The molecule has 1 aliphatic rings. The van der Waals surface area contributed by atoms with Gasteiger partial charge in [-0.1, -0.05) is 18.2 Å². The first-order chi connectivity index (χ1) is 8.20. The van der Waals surface area contributed by atoms with Crippen LogP contribution in [0.5, 0.6) is 5.75 Å². The fourth-order valence-electron chi connectivity index (χ4n) is 1.62. The van der Waals surface area contributed by atoms with E-state index in [-0.39, 0.29) is 6.42 Å². The van der Waals surface area contributed by atoms with Crippen molar-refractivity contribution in [3.05, 3.63) is 35.4 Å². The molecule has 88 valence electrons. The molecule has 0 unspecified atom stereocenters. The Labute approximate surface area is 98.8 Å². The van der Waals surface area contributed by atoms with Crippen molar-refractivity contribution in [1.82, 2.24) is 0 Å². The highest BCUT2D eigenvalue weighted by Gasteiger charge is 2.26. The standard InChI is InChI=1S/C13H12O4/c1-2-16-11-6-4-3-5-9(11)7-10-8-12(14)17-13(10)15/h3-7H,2,8H2,1H3. The quantitative estimate of drug-likeness (QED) is 0.454. The van der Waals surface area contributed by atoms with Crippen LogP contribution in [-0.2, 0) is 14.3 Å². The van der Waals surface area contributed by atoms with Gasteiger partial charge in [0.25, 0.3) is 0 Å². The van der Waals surface area contributed by atoms with E-state index in [0.717, 1.165) is 5.56 Å². The van der Waals surface area contributed by atoms with Gasteiger partial charge in [-0.3, -0.25) is 4.79 Å². The number of esters is 2. The maximum Gasteiger partial charge on any atom is 0.342 e. The largest absolute Gasteiger partial charge is 0.493 e. The highest BCUT2D eigenvalue weighted by molar-refractivity contribution is 6.08. The molecule has 1 heterocycles. The second kappa shape index (κ2) is 4.82. The molecule has 0 bridgehead atoms. The van der Waals surface area contributed by atoms with Crippen molar-refractivity contribution in [2.45, 2.75) is 13.3 Å². The van der Waals surface area contributed by atoms with Crippen LogP contribution in [0.4, 0.5) is 0 Å². The van der Waals surface area contributed by atoms with Crippen LogP contribution >= 0.6 is 0 Å². The minimum absolute atomic E-state index is 0.0271. The van der Waals surface area contributed by atoms with Crippen molar-refractivity contribution in [2.24, 2.45) is 0 Å². The SMILES string of the molecule is CCOc1ccccc1C=C1CC(=O)OC1=O. The van der Waals surface area contributed by atoms with Crippen molar-refractivity contribution in [3.63, 3.8) is 0 Å². The molecule has 1 fully saturated rings. The summed E-state index contributed by atoms with van der Waals surface area (Å²) in [6, 6.07) is 7.34. The molecule has 4 heteroatoms. The number of carbonyl (C=O) groups is 2. The van der Waals surface area contributed by atoms with Crippen LogP contribution in [0.25, 0.3) is 6.08 Å². The van der Waals surface area contributed by atoms with Gasteiger partial charge in [0.15, 0.2) is 0 Å². The lowest BCUT2D eigenvalue weighted by Gasteiger charge is -2.06. The molecular weight excluding hydrogens is 220 g/mol. The molecule has 0 spiro atoms. The lowest BCUT2D eigenvalue weighted by Crippen LogP contribution is -1.97. The maximum absolute atomic E-state index is 11.3. The third-order valence-corrected chi connectivity index (χ3v) is 2.35. The number of benzene rings is 1. The summed E-state index contributed by atoms with van der Waals surface area (Å²) in [6.45, 7) is 2.43. The summed E-state index contributed by atoms with van der Waals surface area (Å²) in [5, 5.41) is 0. The van der Waals surface area contributed by atoms with Crippen LogP contribution in [0.1, 0.15) is 18.9 Å². The number of carbonyl (C=O) groups excluding carboxylic acids is 2. The molecule has 0 N–H and O–H groups in total. The van der Waals surface area contributed by atoms with Gasteiger partial charge in [0.1, 0.15) is 5.75 Å². The zero-order valence-electron chi connectivity index (χ0n) is 9.43. The van der Waals surface area contributed by atoms with E-state index < -0.39 is 11.9 Å². The van der Waals surface area contributed by atoms with E-state index in [0.29, 0.717) is 17.9 Å². The minimum atomic E-state index is -0.568. The van der Waals surface area contributed by atoms with Crippen LogP contribution in [0.3, 0.4) is 0 Å². The molecule has 1 aliphatic heterocycles. The van der Waals surface area contributed by atoms with E-state index in [1.807, 2.05) is 31.2 Å². The molecule has 17 heavy (non-hydrogen) atoms. The molecule has 1 saturated heterocycles. The molecule has 4 nitrogen and oxygen atoms in total. The lowest BCUT2D eigenvalue weighted by molar-refractivity contribution is -0.151. The molecule has 0 atom stereocenters. The second-order valence-electron chi connectivity index (χ2n) is 3.58. The predicted molar refractivity (Wildman–Crippen MR) is 61.3 cm³/mol. The third kappa shape index (κ3) is 2.53. The van der Waals surface area contributed by atoms with Gasteiger partial charge in [0, 0.05) is 11.1 Å². The summed E-state index contributed by atoms with van der Waals surface area (Å²) in [4.78, 5) is 22.3. The van der Waals surface area contributed by atoms with Gasteiger partial charge in [-0.05, 0) is 19.1 Å². The fourth-order valence-corrected chi connectivity index (χ4v) is 1.62. The Bertz CT molecular complexity index is 488. The lowest BCUT2D eigenvalue weighted by atomic mass is 10.1. The molecule has 0 aromatic heterocycles. The molecule has 0 amide bonds. The Kier molecular flexibility index (Phi) is 3.23. The first-order valence-corrected chi connectivity index (χ1v) is 5.38. The third-order valence-electron chi connectivity index (χ3n) is 2.35. The van der Waals surface area contributed by atoms with Gasteiger partial charge in [-0.25, -0.2) is 4.79 Å². The summed E-state index contributed by atoms with van der Waals surface area (Å²) >= 11 is 0. The van der Waals surface area contributed by atoms with E-state index in [2.05, 4.69) is 4.74 Å². The number of cyclic esters (lactones) is 2. The smallest absolute Gasteiger partial charge is 0.342 e. The maximum atomic E-state index is 11.3. The van der Waals surface area contributed by atoms with Crippen LogP contribution in [0.15, 0.2) is 29.8 Å². The molecule has 0 saturated carbocycles.